The van der Waals surface area contributed by atoms with Crippen molar-refractivity contribution in [2.45, 2.75) is 45.3 Å². The molecule has 1 saturated heterocycles. The summed E-state index contributed by atoms with van der Waals surface area (Å²) >= 11 is 0. The number of allylic oxidation sites excluding steroid dienone is 1. The highest BCUT2D eigenvalue weighted by Crippen LogP contribution is 2.22. The Morgan fingerprint density at radius 3 is 2.52 bits per heavy atom. The number of likely N-dealkylation sites (tertiary alicyclic amines) is 1. The molecule has 0 radical (unpaired) electrons. The van der Waals surface area contributed by atoms with Gasteiger partial charge in [0, 0.05) is 24.7 Å². The van der Waals surface area contributed by atoms with Gasteiger partial charge in [0.05, 0.1) is 6.10 Å². The molecule has 0 aromatic heterocycles. The average Bonchev–Trinajstić information content (AvgIpc) is 2.39. The maximum Gasteiger partial charge on any atom is 0.129 e. The highest BCUT2D eigenvalue weighted by molar-refractivity contribution is 5.61. The van der Waals surface area contributed by atoms with Crippen LogP contribution < -0.4 is 0 Å². The molecule has 1 aromatic carbocycles. The van der Waals surface area contributed by atoms with Crippen LogP contribution >= 0.6 is 0 Å². The van der Waals surface area contributed by atoms with Crippen LogP contribution in [0.4, 0.5) is 8.78 Å². The third-order valence-electron chi connectivity index (χ3n) is 4.27. The third kappa shape index (κ3) is 3.89. The lowest BCUT2D eigenvalue weighted by atomic mass is 9.99. The van der Waals surface area contributed by atoms with Gasteiger partial charge >= 0.3 is 0 Å². The summed E-state index contributed by atoms with van der Waals surface area (Å²) < 4.78 is 28.1. The third-order valence-corrected chi connectivity index (χ3v) is 4.27. The molecule has 1 aliphatic rings. The first-order valence-electron chi connectivity index (χ1n) is 7.44. The Morgan fingerprint density at radius 1 is 1.38 bits per heavy atom. The summed E-state index contributed by atoms with van der Waals surface area (Å²) in [5.74, 6) is -1.00. The molecule has 0 saturated carbocycles. The molecule has 2 nitrogen and oxygen atoms in total. The SMILES string of the molecule is C=C(C)c1cc(F)c(CCN2CCC(O)CC2C)c(F)c1. The number of halogens is 2. The number of rotatable bonds is 4. The van der Waals surface area contributed by atoms with Crippen LogP contribution in [-0.2, 0) is 6.42 Å². The fourth-order valence-corrected chi connectivity index (χ4v) is 2.87. The molecule has 1 fully saturated rings. The van der Waals surface area contributed by atoms with E-state index >= 15 is 0 Å². The zero-order valence-corrected chi connectivity index (χ0v) is 12.7. The Bertz CT molecular complexity index is 507. The van der Waals surface area contributed by atoms with E-state index in [9.17, 15) is 13.9 Å². The van der Waals surface area contributed by atoms with Crippen LogP contribution in [0.1, 0.15) is 37.8 Å². The number of aliphatic hydroxyl groups excluding tert-OH is 1. The van der Waals surface area contributed by atoms with Crippen molar-refractivity contribution in [3.8, 4) is 0 Å². The molecule has 21 heavy (non-hydrogen) atoms. The minimum atomic E-state index is -0.502. The molecular weight excluding hydrogens is 272 g/mol. The van der Waals surface area contributed by atoms with E-state index in [0.717, 1.165) is 19.4 Å². The van der Waals surface area contributed by atoms with Crippen LogP contribution in [0.15, 0.2) is 18.7 Å². The molecule has 1 N–H and O–H groups in total. The number of benzene rings is 1. The van der Waals surface area contributed by atoms with E-state index in [4.69, 9.17) is 0 Å². The molecule has 1 heterocycles. The predicted octanol–water partition coefficient (Wildman–Crippen LogP) is 3.39. The maximum atomic E-state index is 14.0. The normalized spacial score (nSPS) is 23.3. The fourth-order valence-electron chi connectivity index (χ4n) is 2.87. The van der Waals surface area contributed by atoms with Gasteiger partial charge < -0.3 is 10.0 Å². The Balaban J connectivity index is 2.05. The lowest BCUT2D eigenvalue weighted by molar-refractivity contribution is 0.0488. The second-order valence-corrected chi connectivity index (χ2v) is 6.01. The quantitative estimate of drug-likeness (QED) is 0.920. The van der Waals surface area contributed by atoms with Gasteiger partial charge in [-0.2, -0.15) is 0 Å². The van der Waals surface area contributed by atoms with Crippen LogP contribution in [0.3, 0.4) is 0 Å². The zero-order chi connectivity index (χ0) is 15.6. The van der Waals surface area contributed by atoms with Gasteiger partial charge in [0.25, 0.3) is 0 Å². The molecule has 1 aliphatic heterocycles. The van der Waals surface area contributed by atoms with Crippen molar-refractivity contribution < 1.29 is 13.9 Å². The minimum Gasteiger partial charge on any atom is -0.393 e. The molecule has 0 amide bonds. The van der Waals surface area contributed by atoms with Crippen LogP contribution in [-0.4, -0.2) is 35.2 Å². The first kappa shape index (κ1) is 16.1. The smallest absolute Gasteiger partial charge is 0.129 e. The lowest BCUT2D eigenvalue weighted by Crippen LogP contribution is -2.43. The Labute approximate surface area is 125 Å². The molecular formula is C17H23F2NO. The van der Waals surface area contributed by atoms with Crippen LogP contribution in [0.5, 0.6) is 0 Å². The minimum absolute atomic E-state index is 0.137. The molecule has 0 spiro atoms. The van der Waals surface area contributed by atoms with Crippen LogP contribution in [0.2, 0.25) is 0 Å². The van der Waals surface area contributed by atoms with Gasteiger partial charge in [0.1, 0.15) is 11.6 Å². The summed E-state index contributed by atoms with van der Waals surface area (Å²) in [7, 11) is 0. The van der Waals surface area contributed by atoms with E-state index < -0.39 is 11.6 Å². The zero-order valence-electron chi connectivity index (χ0n) is 12.7. The first-order valence-corrected chi connectivity index (χ1v) is 7.44. The van der Waals surface area contributed by atoms with Gasteiger partial charge in [-0.05, 0) is 50.8 Å². The molecule has 1 aromatic rings. The summed E-state index contributed by atoms with van der Waals surface area (Å²) in [5, 5.41) is 9.60. The van der Waals surface area contributed by atoms with Gasteiger partial charge in [-0.25, -0.2) is 8.78 Å². The van der Waals surface area contributed by atoms with Crippen molar-refractivity contribution in [1.29, 1.82) is 0 Å². The highest BCUT2D eigenvalue weighted by atomic mass is 19.1. The Morgan fingerprint density at radius 2 is 2.00 bits per heavy atom. The molecule has 4 heteroatoms. The van der Waals surface area contributed by atoms with Crippen LogP contribution in [0.25, 0.3) is 5.57 Å². The van der Waals surface area contributed by atoms with E-state index in [1.54, 1.807) is 6.92 Å². The van der Waals surface area contributed by atoms with Gasteiger partial charge in [0.2, 0.25) is 0 Å². The summed E-state index contributed by atoms with van der Waals surface area (Å²) in [5.41, 5.74) is 1.29. The number of nitrogens with zero attached hydrogens (tertiary/aromatic N) is 1. The first-order chi connectivity index (χ1) is 9.88. The van der Waals surface area contributed by atoms with E-state index in [2.05, 4.69) is 11.5 Å². The van der Waals surface area contributed by atoms with Crippen molar-refractivity contribution in [2.75, 3.05) is 13.1 Å². The van der Waals surface area contributed by atoms with Crippen molar-refractivity contribution >= 4 is 5.57 Å². The maximum absolute atomic E-state index is 14.0. The van der Waals surface area contributed by atoms with Gasteiger partial charge in [0.15, 0.2) is 0 Å². The number of hydrogen-bond donors (Lipinski definition) is 1. The topological polar surface area (TPSA) is 23.5 Å². The molecule has 2 rings (SSSR count). The van der Waals surface area contributed by atoms with Crippen molar-refractivity contribution in [1.82, 2.24) is 4.90 Å². The largest absolute Gasteiger partial charge is 0.393 e. The van der Waals surface area contributed by atoms with Crippen molar-refractivity contribution in [3.63, 3.8) is 0 Å². The summed E-state index contributed by atoms with van der Waals surface area (Å²) in [6, 6.07) is 2.95. The van der Waals surface area contributed by atoms with Crippen LogP contribution in [0, 0.1) is 11.6 Å². The average molecular weight is 295 g/mol. The number of hydrogen-bond acceptors (Lipinski definition) is 2. The number of piperidine rings is 1. The van der Waals surface area contributed by atoms with Gasteiger partial charge in [-0.1, -0.05) is 12.2 Å². The number of aliphatic hydroxyl groups is 1. The molecule has 116 valence electrons. The standard InChI is InChI=1S/C17H23F2NO/c1-11(2)13-9-16(18)15(17(19)10-13)5-7-20-6-4-14(21)8-12(20)3/h9-10,12,14,21H,1,4-8H2,2-3H3. The van der Waals surface area contributed by atoms with Gasteiger partial charge in [-0.3, -0.25) is 0 Å². The molecule has 2 unspecified atom stereocenters. The summed E-state index contributed by atoms with van der Waals surface area (Å²) in [4.78, 5) is 2.18. The predicted molar refractivity (Wildman–Crippen MR) is 81.0 cm³/mol. The lowest BCUT2D eigenvalue weighted by Gasteiger charge is -2.35. The van der Waals surface area contributed by atoms with Gasteiger partial charge in [-0.15, -0.1) is 0 Å². The fraction of sp³-hybridized carbons (Fsp3) is 0.529. The second-order valence-electron chi connectivity index (χ2n) is 6.01. The highest BCUT2D eigenvalue weighted by Gasteiger charge is 2.24. The molecule has 2 atom stereocenters. The van der Waals surface area contributed by atoms with E-state index in [-0.39, 0.29) is 17.7 Å². The summed E-state index contributed by atoms with van der Waals surface area (Å²) in [6.45, 7) is 8.86. The molecule has 0 aliphatic carbocycles. The summed E-state index contributed by atoms with van der Waals surface area (Å²) in [6.07, 6.45) is 1.54. The van der Waals surface area contributed by atoms with E-state index in [1.807, 2.05) is 6.92 Å². The monoisotopic (exact) mass is 295 g/mol. The van der Waals surface area contributed by atoms with E-state index in [0.29, 0.717) is 24.1 Å². The van der Waals surface area contributed by atoms with Crippen molar-refractivity contribution in [3.05, 3.63) is 41.5 Å². The second kappa shape index (κ2) is 6.67. The molecule has 0 bridgehead atoms. The Kier molecular flexibility index (Phi) is 5.12. The van der Waals surface area contributed by atoms with Crippen molar-refractivity contribution in [2.24, 2.45) is 0 Å². The Hall–Kier alpha value is -1.26. The van der Waals surface area contributed by atoms with E-state index in [1.165, 1.54) is 12.1 Å².